The first-order chi connectivity index (χ1) is 12.7. The highest BCUT2D eigenvalue weighted by Crippen LogP contribution is 2.34. The van der Waals surface area contributed by atoms with Crippen LogP contribution in [0, 0.1) is 11.7 Å². The Morgan fingerprint density at radius 2 is 2.23 bits per heavy atom. The van der Waals surface area contributed by atoms with E-state index in [0.29, 0.717) is 18.0 Å². The first kappa shape index (κ1) is 16.9. The van der Waals surface area contributed by atoms with Gasteiger partial charge in [-0.1, -0.05) is 12.1 Å². The average molecular weight is 355 g/mol. The lowest BCUT2D eigenvalue weighted by molar-refractivity contribution is 0.0904. The molecule has 2 atom stereocenters. The van der Waals surface area contributed by atoms with Crippen molar-refractivity contribution in [3.8, 4) is 11.3 Å². The molecule has 1 aromatic carbocycles. The number of nitrogens with one attached hydrogen (secondary N) is 2. The Bertz CT molecular complexity index is 874. The van der Waals surface area contributed by atoms with Crippen LogP contribution in [-0.2, 0) is 18.3 Å². The lowest BCUT2D eigenvalue weighted by atomic mass is 9.97. The van der Waals surface area contributed by atoms with Crippen molar-refractivity contribution in [3.05, 3.63) is 59.8 Å². The fraction of sp³-hybridized carbons (Fsp3) is 0.368. The van der Waals surface area contributed by atoms with Crippen LogP contribution in [0.1, 0.15) is 23.7 Å². The van der Waals surface area contributed by atoms with E-state index in [0.717, 1.165) is 36.4 Å². The number of benzene rings is 1. The summed E-state index contributed by atoms with van der Waals surface area (Å²) < 4.78 is 21.7. The molecule has 1 saturated heterocycles. The molecule has 4 rings (SSSR count). The maximum Gasteiger partial charge on any atom is 0.132 e. The zero-order valence-corrected chi connectivity index (χ0v) is 14.7. The van der Waals surface area contributed by atoms with Crippen molar-refractivity contribution in [2.75, 3.05) is 13.2 Å². The quantitative estimate of drug-likeness (QED) is 0.713. The minimum absolute atomic E-state index is 0.0755. The lowest BCUT2D eigenvalue weighted by Crippen LogP contribution is -2.24. The second-order valence-electron chi connectivity index (χ2n) is 6.67. The number of hydrogen-bond acceptors (Lipinski definition) is 4. The van der Waals surface area contributed by atoms with Crippen molar-refractivity contribution in [3.63, 3.8) is 0 Å². The van der Waals surface area contributed by atoms with Gasteiger partial charge in [-0.15, -0.1) is 0 Å². The molecule has 1 aliphatic heterocycles. The van der Waals surface area contributed by atoms with Gasteiger partial charge in [0.05, 0.1) is 24.2 Å². The number of ether oxygens (including phenoxy) is 1. The van der Waals surface area contributed by atoms with Gasteiger partial charge in [0.25, 0.3) is 0 Å². The fourth-order valence-corrected chi connectivity index (χ4v) is 3.53. The average Bonchev–Trinajstić information content (AvgIpc) is 3.36. The van der Waals surface area contributed by atoms with Crippen molar-refractivity contribution in [2.45, 2.75) is 19.1 Å². The summed E-state index contributed by atoms with van der Waals surface area (Å²) in [4.78, 5) is 0. The van der Waals surface area contributed by atoms with Gasteiger partial charge in [-0.25, -0.2) is 4.39 Å². The van der Waals surface area contributed by atoms with Crippen LogP contribution >= 0.6 is 0 Å². The summed E-state index contributed by atoms with van der Waals surface area (Å²) in [5.41, 5.74) is 3.33. The second-order valence-corrected chi connectivity index (χ2v) is 6.67. The molecular formula is C19H22FN5O. The summed E-state index contributed by atoms with van der Waals surface area (Å²) in [6, 6.07) is 6.73. The van der Waals surface area contributed by atoms with Gasteiger partial charge in [0.15, 0.2) is 0 Å². The molecule has 0 bridgehead atoms. The van der Waals surface area contributed by atoms with E-state index in [-0.39, 0.29) is 11.9 Å². The molecule has 1 aliphatic rings. The zero-order chi connectivity index (χ0) is 17.9. The van der Waals surface area contributed by atoms with Gasteiger partial charge in [0, 0.05) is 55.5 Å². The van der Waals surface area contributed by atoms with Crippen molar-refractivity contribution < 1.29 is 9.13 Å². The Morgan fingerprint density at radius 1 is 1.35 bits per heavy atom. The molecule has 0 radical (unpaired) electrons. The summed E-state index contributed by atoms with van der Waals surface area (Å²) in [5, 5.41) is 14.7. The van der Waals surface area contributed by atoms with E-state index in [1.165, 1.54) is 6.07 Å². The summed E-state index contributed by atoms with van der Waals surface area (Å²) in [5.74, 6) is 0.141. The molecule has 0 saturated carbocycles. The van der Waals surface area contributed by atoms with Crippen LogP contribution in [0.3, 0.4) is 0 Å². The molecule has 0 aliphatic carbocycles. The second kappa shape index (κ2) is 7.39. The highest BCUT2D eigenvalue weighted by atomic mass is 19.1. The molecule has 3 aromatic rings. The van der Waals surface area contributed by atoms with Gasteiger partial charge >= 0.3 is 0 Å². The third-order valence-corrected chi connectivity index (χ3v) is 4.85. The van der Waals surface area contributed by atoms with E-state index in [9.17, 15) is 4.39 Å². The van der Waals surface area contributed by atoms with Crippen molar-refractivity contribution in [1.29, 1.82) is 0 Å². The van der Waals surface area contributed by atoms with E-state index < -0.39 is 0 Å². The molecule has 3 heterocycles. The van der Waals surface area contributed by atoms with Gasteiger partial charge in [-0.2, -0.15) is 10.2 Å². The van der Waals surface area contributed by atoms with Gasteiger partial charge in [0.2, 0.25) is 0 Å². The first-order valence-electron chi connectivity index (χ1n) is 8.80. The number of rotatable bonds is 6. The van der Waals surface area contributed by atoms with Gasteiger partial charge < -0.3 is 10.1 Å². The van der Waals surface area contributed by atoms with E-state index in [2.05, 4.69) is 20.6 Å². The van der Waals surface area contributed by atoms with E-state index in [4.69, 9.17) is 4.74 Å². The van der Waals surface area contributed by atoms with Crippen LogP contribution in [0.4, 0.5) is 4.39 Å². The number of halogens is 1. The summed E-state index contributed by atoms with van der Waals surface area (Å²) in [7, 11) is 1.91. The summed E-state index contributed by atoms with van der Waals surface area (Å²) in [6.07, 6.45) is 6.72. The third-order valence-electron chi connectivity index (χ3n) is 4.85. The molecule has 26 heavy (non-hydrogen) atoms. The largest absolute Gasteiger partial charge is 0.373 e. The number of aromatic amines is 1. The van der Waals surface area contributed by atoms with Crippen LogP contribution in [0.2, 0.25) is 0 Å². The van der Waals surface area contributed by atoms with Gasteiger partial charge in [-0.05, 0) is 18.6 Å². The minimum Gasteiger partial charge on any atom is -0.373 e. The fourth-order valence-electron chi connectivity index (χ4n) is 3.53. The topological polar surface area (TPSA) is 67.8 Å². The van der Waals surface area contributed by atoms with Gasteiger partial charge in [0.1, 0.15) is 5.82 Å². The first-order valence-corrected chi connectivity index (χ1v) is 8.80. The van der Waals surface area contributed by atoms with E-state index >= 15 is 0 Å². The molecule has 0 spiro atoms. The van der Waals surface area contributed by atoms with Crippen molar-refractivity contribution in [2.24, 2.45) is 13.0 Å². The molecule has 6 nitrogen and oxygen atoms in total. The standard InChI is InChI=1S/C19H22FN5O/c1-25-12-15(11-23-25)19-13(6-7-26-19)8-21-9-14-10-22-24-18(14)16-4-2-3-5-17(16)20/h2-5,10-13,19,21H,6-9H2,1H3,(H,22,24)/t13-,19+/m0/s1. The predicted molar refractivity (Wildman–Crippen MR) is 95.7 cm³/mol. The number of nitrogens with zero attached hydrogens (tertiary/aromatic N) is 3. The van der Waals surface area contributed by atoms with Crippen LogP contribution in [0.25, 0.3) is 11.3 Å². The Labute approximate surface area is 151 Å². The zero-order valence-electron chi connectivity index (χ0n) is 14.7. The number of hydrogen-bond donors (Lipinski definition) is 2. The van der Waals surface area contributed by atoms with E-state index in [1.807, 2.05) is 25.5 Å². The SMILES string of the molecule is Cn1cc([C@@H]2OCC[C@H]2CNCc2cn[nH]c2-c2ccccc2F)cn1. The maximum atomic E-state index is 14.0. The molecular weight excluding hydrogens is 333 g/mol. The predicted octanol–water partition coefficient (Wildman–Crippen LogP) is 2.82. The normalized spacial score (nSPS) is 19.9. The minimum atomic E-state index is -0.251. The van der Waals surface area contributed by atoms with Crippen LogP contribution in [-0.4, -0.2) is 33.1 Å². The van der Waals surface area contributed by atoms with Crippen LogP contribution in [0.5, 0.6) is 0 Å². The highest BCUT2D eigenvalue weighted by Gasteiger charge is 2.30. The van der Waals surface area contributed by atoms with Crippen LogP contribution < -0.4 is 5.32 Å². The third kappa shape index (κ3) is 3.40. The monoisotopic (exact) mass is 355 g/mol. The Balaban J connectivity index is 1.40. The summed E-state index contributed by atoms with van der Waals surface area (Å²) in [6.45, 7) is 2.20. The molecule has 2 N–H and O–H groups in total. The highest BCUT2D eigenvalue weighted by molar-refractivity contribution is 5.63. The number of aromatic nitrogens is 4. The Morgan fingerprint density at radius 3 is 3.04 bits per heavy atom. The Kier molecular flexibility index (Phi) is 4.81. The molecule has 2 aromatic heterocycles. The molecule has 136 valence electrons. The maximum absolute atomic E-state index is 14.0. The van der Waals surface area contributed by atoms with E-state index in [1.54, 1.807) is 23.0 Å². The van der Waals surface area contributed by atoms with Crippen molar-refractivity contribution in [1.82, 2.24) is 25.3 Å². The Hall–Kier alpha value is -2.51. The molecule has 0 unspecified atom stereocenters. The van der Waals surface area contributed by atoms with Gasteiger partial charge in [-0.3, -0.25) is 9.78 Å². The molecule has 7 heteroatoms. The molecule has 0 amide bonds. The van der Waals surface area contributed by atoms with Crippen LogP contribution in [0.15, 0.2) is 42.9 Å². The number of aryl methyl sites for hydroxylation is 1. The molecule has 1 fully saturated rings. The smallest absolute Gasteiger partial charge is 0.132 e. The lowest BCUT2D eigenvalue weighted by Gasteiger charge is -2.18. The van der Waals surface area contributed by atoms with Crippen molar-refractivity contribution >= 4 is 0 Å². The summed E-state index contributed by atoms with van der Waals surface area (Å²) >= 11 is 0. The number of H-pyrrole nitrogens is 1.